The van der Waals surface area contributed by atoms with Crippen LogP contribution in [0.4, 0.5) is 36.8 Å². The summed E-state index contributed by atoms with van der Waals surface area (Å²) in [5.41, 5.74) is -3.07. The molecule has 9 nitrogen and oxygen atoms in total. The van der Waals surface area contributed by atoms with Gasteiger partial charge in [-0.3, -0.25) is 5.32 Å². The van der Waals surface area contributed by atoms with E-state index in [0.717, 1.165) is 24.4 Å². The largest absolute Gasteiger partial charge is 0.433 e. The van der Waals surface area contributed by atoms with Crippen LogP contribution in [-0.2, 0) is 22.4 Å². The first kappa shape index (κ1) is 26.9. The van der Waals surface area contributed by atoms with Crippen LogP contribution in [0, 0.1) is 6.92 Å². The van der Waals surface area contributed by atoms with E-state index < -0.39 is 51.1 Å². The van der Waals surface area contributed by atoms with Gasteiger partial charge < -0.3 is 4.74 Å². The second kappa shape index (κ2) is 9.29. The van der Waals surface area contributed by atoms with Crippen molar-refractivity contribution in [3.05, 3.63) is 71.5 Å². The highest BCUT2D eigenvalue weighted by Gasteiger charge is 2.36. The lowest BCUT2D eigenvalue weighted by Gasteiger charge is -2.12. The molecule has 200 valence electrons. The number of ether oxygens (including phenoxy) is 1. The van der Waals surface area contributed by atoms with Crippen LogP contribution in [0.2, 0.25) is 0 Å². The number of nitrogens with one attached hydrogen (secondary N) is 1. The number of carbonyl (C=O) groups excluding carboxylic acids is 1. The Hall–Kier alpha value is -4.18. The maximum atomic E-state index is 13.7. The van der Waals surface area contributed by atoms with Crippen molar-refractivity contribution in [3.63, 3.8) is 0 Å². The molecule has 0 atom stereocenters. The molecule has 38 heavy (non-hydrogen) atoms. The topological polar surface area (TPSA) is 129 Å². The highest BCUT2D eigenvalue weighted by atomic mass is 32.2. The Morgan fingerprint density at radius 3 is 2.24 bits per heavy atom. The minimum absolute atomic E-state index is 0.0458. The molecule has 4 rings (SSSR count). The van der Waals surface area contributed by atoms with E-state index in [1.807, 2.05) is 0 Å². The molecule has 0 aliphatic rings. The van der Waals surface area contributed by atoms with Crippen molar-refractivity contribution in [2.75, 3.05) is 5.32 Å². The molecule has 0 bridgehead atoms. The molecule has 2 aromatic heterocycles. The van der Waals surface area contributed by atoms with Gasteiger partial charge in [-0.25, -0.2) is 27.9 Å². The van der Waals surface area contributed by atoms with Gasteiger partial charge in [0.2, 0.25) is 10.0 Å². The van der Waals surface area contributed by atoms with E-state index in [2.05, 4.69) is 15.4 Å². The number of anilines is 1. The van der Waals surface area contributed by atoms with Crippen molar-refractivity contribution in [2.24, 2.45) is 5.14 Å². The quantitative estimate of drug-likeness (QED) is 0.339. The van der Waals surface area contributed by atoms with Crippen molar-refractivity contribution in [1.29, 1.82) is 0 Å². The summed E-state index contributed by atoms with van der Waals surface area (Å²) in [6.45, 7) is 1.47. The lowest BCUT2D eigenvalue weighted by Crippen LogP contribution is -2.19. The molecule has 0 saturated heterocycles. The van der Waals surface area contributed by atoms with Crippen molar-refractivity contribution >= 4 is 27.5 Å². The number of aryl methyl sites for hydroxylation is 1. The zero-order chi connectivity index (χ0) is 28.0. The zero-order valence-corrected chi connectivity index (χ0v) is 19.7. The molecule has 0 spiro atoms. The number of hydrogen-bond acceptors (Lipinski definition) is 6. The fraction of sp³-hybridized carbons (Fsp3) is 0.136. The van der Waals surface area contributed by atoms with E-state index in [0.29, 0.717) is 28.3 Å². The van der Waals surface area contributed by atoms with Gasteiger partial charge in [-0.15, -0.1) is 0 Å². The Bertz CT molecular complexity index is 1650. The molecule has 3 N–H and O–H groups in total. The monoisotopic (exact) mass is 559 g/mol. The minimum Gasteiger partial charge on any atom is -0.404 e. The first-order valence-corrected chi connectivity index (χ1v) is 11.8. The molecule has 4 aromatic rings. The second-order valence-electron chi connectivity index (χ2n) is 7.88. The van der Waals surface area contributed by atoms with Crippen LogP contribution in [0.5, 0.6) is 5.75 Å². The predicted molar refractivity (Wildman–Crippen MR) is 121 cm³/mol. The summed E-state index contributed by atoms with van der Waals surface area (Å²) >= 11 is 0. The Morgan fingerprint density at radius 1 is 1.00 bits per heavy atom. The van der Waals surface area contributed by atoms with Gasteiger partial charge in [0.25, 0.3) is 0 Å². The number of nitrogens with zero attached hydrogens (tertiary/aromatic N) is 3. The van der Waals surface area contributed by atoms with Crippen LogP contribution in [0.15, 0.2) is 59.6 Å². The second-order valence-corrected chi connectivity index (χ2v) is 9.41. The van der Waals surface area contributed by atoms with Gasteiger partial charge in [0, 0.05) is 11.3 Å². The van der Waals surface area contributed by atoms with Gasteiger partial charge in [0.15, 0.2) is 17.1 Å². The third kappa shape index (κ3) is 5.55. The van der Waals surface area contributed by atoms with Crippen molar-refractivity contribution in [1.82, 2.24) is 14.6 Å². The van der Waals surface area contributed by atoms with Crippen LogP contribution in [0.1, 0.15) is 16.8 Å². The van der Waals surface area contributed by atoms with Crippen LogP contribution < -0.4 is 15.2 Å². The number of aromatic nitrogens is 3. The van der Waals surface area contributed by atoms with E-state index in [9.17, 15) is 39.6 Å². The molecule has 0 fully saturated rings. The third-order valence-corrected chi connectivity index (χ3v) is 6.23. The fourth-order valence-electron chi connectivity index (χ4n) is 3.42. The van der Waals surface area contributed by atoms with E-state index in [1.54, 1.807) is 0 Å². The van der Waals surface area contributed by atoms with Crippen LogP contribution in [0.25, 0.3) is 16.9 Å². The van der Waals surface area contributed by atoms with Gasteiger partial charge in [-0.1, -0.05) is 18.2 Å². The standard InChI is InChI=1S/C22H15F6N5O4S/c1-11-2-7-14(8-17(11)38(29,35)36)31-20(34)37-16-10-30-33-18(22(26,27)28)9-15(32-19(16)33)12-3-5-13(6-4-12)21(23,24)25/h2-10H,1H3,(H,31,34)(H2,29,35,36). The fourth-order valence-corrected chi connectivity index (χ4v) is 4.23. The predicted octanol–water partition coefficient (Wildman–Crippen LogP) is 5.00. The summed E-state index contributed by atoms with van der Waals surface area (Å²) in [5, 5.41) is 10.9. The normalized spacial score (nSPS) is 12.5. The van der Waals surface area contributed by atoms with Crippen LogP contribution in [-0.4, -0.2) is 29.1 Å². The molecule has 0 aliphatic carbocycles. The summed E-state index contributed by atoms with van der Waals surface area (Å²) in [6.07, 6.45) is -10.0. The Balaban J connectivity index is 1.70. The molecule has 2 aromatic carbocycles. The summed E-state index contributed by atoms with van der Waals surface area (Å²) < 4.78 is 109. The summed E-state index contributed by atoms with van der Waals surface area (Å²) in [4.78, 5) is 16.2. The maximum absolute atomic E-state index is 13.7. The SMILES string of the molecule is Cc1ccc(NC(=O)Oc2cnn3c(C(F)(F)F)cc(-c4ccc(C(F)(F)F)cc4)nc23)cc1S(N)(=O)=O. The number of carbonyl (C=O) groups is 1. The number of hydrogen-bond donors (Lipinski definition) is 2. The highest BCUT2D eigenvalue weighted by Crippen LogP contribution is 2.35. The smallest absolute Gasteiger partial charge is 0.404 e. The van der Waals surface area contributed by atoms with Crippen molar-refractivity contribution in [2.45, 2.75) is 24.2 Å². The molecule has 0 unspecified atom stereocenters. The molecule has 2 heterocycles. The number of fused-ring (bicyclic) bond motifs is 1. The average Bonchev–Trinajstić information content (AvgIpc) is 3.20. The molecular formula is C22H15F6N5O4S. The molecule has 1 amide bonds. The first-order valence-electron chi connectivity index (χ1n) is 10.3. The maximum Gasteiger partial charge on any atom is 0.433 e. The summed E-state index contributed by atoms with van der Waals surface area (Å²) in [7, 11) is -4.12. The van der Waals surface area contributed by atoms with Gasteiger partial charge in [0.1, 0.15) is 0 Å². The molecular weight excluding hydrogens is 544 g/mol. The van der Waals surface area contributed by atoms with Gasteiger partial charge >= 0.3 is 18.4 Å². The van der Waals surface area contributed by atoms with Gasteiger partial charge in [-0.05, 0) is 42.8 Å². The zero-order valence-electron chi connectivity index (χ0n) is 18.9. The van der Waals surface area contributed by atoms with Gasteiger partial charge in [-0.2, -0.15) is 31.4 Å². The minimum atomic E-state index is -4.96. The van der Waals surface area contributed by atoms with Crippen LogP contribution in [0.3, 0.4) is 0 Å². The molecule has 0 saturated carbocycles. The number of rotatable bonds is 4. The van der Waals surface area contributed by atoms with E-state index in [1.165, 1.54) is 19.1 Å². The van der Waals surface area contributed by atoms with Gasteiger partial charge in [0.05, 0.1) is 22.3 Å². The number of benzene rings is 2. The lowest BCUT2D eigenvalue weighted by atomic mass is 10.1. The Morgan fingerprint density at radius 2 is 1.66 bits per heavy atom. The number of halogens is 6. The average molecular weight is 559 g/mol. The first-order chi connectivity index (χ1) is 17.5. The number of amides is 1. The number of primary sulfonamides is 1. The Labute approximate surface area is 209 Å². The lowest BCUT2D eigenvalue weighted by molar-refractivity contribution is -0.142. The summed E-state index contributed by atoms with van der Waals surface area (Å²) in [6, 6.07) is 7.62. The molecule has 16 heteroatoms. The van der Waals surface area contributed by atoms with E-state index >= 15 is 0 Å². The van der Waals surface area contributed by atoms with Crippen molar-refractivity contribution < 1.29 is 44.3 Å². The highest BCUT2D eigenvalue weighted by molar-refractivity contribution is 7.89. The van der Waals surface area contributed by atoms with E-state index in [-0.39, 0.29) is 21.8 Å². The number of nitrogens with two attached hydrogens (primary N) is 1. The Kier molecular flexibility index (Phi) is 6.57. The number of alkyl halides is 6. The van der Waals surface area contributed by atoms with E-state index in [4.69, 9.17) is 9.88 Å². The van der Waals surface area contributed by atoms with Crippen LogP contribution >= 0.6 is 0 Å². The summed E-state index contributed by atoms with van der Waals surface area (Å²) in [5.74, 6) is -0.513. The third-order valence-electron chi connectivity index (χ3n) is 5.18. The molecule has 0 radical (unpaired) electrons. The number of sulfonamides is 1. The molecule has 0 aliphatic heterocycles. The van der Waals surface area contributed by atoms with Crippen molar-refractivity contribution in [3.8, 4) is 17.0 Å².